The molecule has 62 valence electrons. The molecule has 0 rings (SSSR count). The molecule has 0 radical (unpaired) electrons. The Balaban J connectivity index is 3.58. The fraction of sp³-hybridized carbons (Fsp3) is 1.00. The third kappa shape index (κ3) is 7.68. The van der Waals surface area contributed by atoms with E-state index in [1.165, 1.54) is 11.4 Å². The highest BCUT2D eigenvalue weighted by Gasteiger charge is 2.13. The molecule has 0 fully saturated rings. The van der Waals surface area contributed by atoms with Crippen molar-refractivity contribution in [3.8, 4) is 0 Å². The number of halogens is 2. The molecule has 0 amide bonds. The lowest BCUT2D eigenvalue weighted by molar-refractivity contribution is 0.790. The SMILES string of the molecule is CCCC(C)SP(=S)(Cl)Cl. The van der Waals surface area contributed by atoms with E-state index in [0.29, 0.717) is 5.25 Å². The summed E-state index contributed by atoms with van der Waals surface area (Å²) in [5, 5.41) is 0.505. The Morgan fingerprint density at radius 3 is 2.40 bits per heavy atom. The maximum Gasteiger partial charge on any atom is 0.171 e. The summed E-state index contributed by atoms with van der Waals surface area (Å²) >= 11 is 17.9. The van der Waals surface area contributed by atoms with Gasteiger partial charge in [0.1, 0.15) is 0 Å². The second-order valence-electron chi connectivity index (χ2n) is 2.12. The Morgan fingerprint density at radius 1 is 1.60 bits per heavy atom. The van der Waals surface area contributed by atoms with E-state index >= 15 is 0 Å². The minimum Gasteiger partial charge on any atom is -0.0916 e. The molecule has 0 aromatic carbocycles. The van der Waals surface area contributed by atoms with Crippen LogP contribution in [0.2, 0.25) is 0 Å². The highest BCUT2D eigenvalue weighted by molar-refractivity contribution is 8.85. The van der Waals surface area contributed by atoms with Gasteiger partial charge in [-0.05, 0) is 6.42 Å². The molecular weight excluding hydrogens is 226 g/mol. The van der Waals surface area contributed by atoms with E-state index in [4.69, 9.17) is 34.3 Å². The van der Waals surface area contributed by atoms with Crippen molar-refractivity contribution in [3.05, 3.63) is 0 Å². The molecule has 1 atom stereocenters. The summed E-state index contributed by atoms with van der Waals surface area (Å²) < 4.78 is -2.06. The van der Waals surface area contributed by atoms with Crippen LogP contribution in [0.3, 0.4) is 0 Å². The molecule has 1 unspecified atom stereocenters. The summed E-state index contributed by atoms with van der Waals surface area (Å²) in [6, 6.07) is 0. The smallest absolute Gasteiger partial charge is 0.0916 e. The zero-order valence-corrected chi connectivity index (χ0v) is 10.1. The minimum atomic E-state index is -2.06. The molecule has 0 aromatic rings. The van der Waals surface area contributed by atoms with Gasteiger partial charge in [-0.3, -0.25) is 0 Å². The quantitative estimate of drug-likeness (QED) is 0.655. The normalized spacial score (nSPS) is 15.2. The summed E-state index contributed by atoms with van der Waals surface area (Å²) in [7, 11) is 0. The Morgan fingerprint density at radius 2 is 2.10 bits per heavy atom. The lowest BCUT2D eigenvalue weighted by atomic mass is 10.3. The third-order valence-electron chi connectivity index (χ3n) is 0.998. The molecule has 0 saturated carbocycles. The van der Waals surface area contributed by atoms with Crippen LogP contribution in [0.25, 0.3) is 0 Å². The second kappa shape index (κ2) is 5.27. The van der Waals surface area contributed by atoms with Crippen LogP contribution in [0.5, 0.6) is 0 Å². The summed E-state index contributed by atoms with van der Waals surface area (Å²) in [5.74, 6) is 0. The molecule has 5 heteroatoms. The molecule has 0 aromatic heterocycles. The Kier molecular flexibility index (Phi) is 6.10. The molecule has 0 aliphatic carbocycles. The largest absolute Gasteiger partial charge is 0.171 e. The van der Waals surface area contributed by atoms with Crippen molar-refractivity contribution in [3.63, 3.8) is 0 Å². The van der Waals surface area contributed by atoms with Gasteiger partial charge >= 0.3 is 0 Å². The lowest BCUT2D eigenvalue weighted by Crippen LogP contribution is -1.91. The minimum absolute atomic E-state index is 0.505. The van der Waals surface area contributed by atoms with Gasteiger partial charge in [-0.1, -0.05) is 65.9 Å². The van der Waals surface area contributed by atoms with Gasteiger partial charge in [0, 0.05) is 5.25 Å². The van der Waals surface area contributed by atoms with Crippen molar-refractivity contribution >= 4 is 49.6 Å². The van der Waals surface area contributed by atoms with Gasteiger partial charge in [0.15, 0.2) is 3.95 Å². The molecule has 0 heterocycles. The predicted molar refractivity (Wildman–Crippen MR) is 58.0 cm³/mol. The average Bonchev–Trinajstić information content (AvgIpc) is 1.59. The van der Waals surface area contributed by atoms with Gasteiger partial charge in [0.2, 0.25) is 0 Å². The van der Waals surface area contributed by atoms with Gasteiger partial charge < -0.3 is 0 Å². The van der Waals surface area contributed by atoms with Crippen LogP contribution in [-0.2, 0) is 11.8 Å². The van der Waals surface area contributed by atoms with Gasteiger partial charge in [-0.2, -0.15) is 0 Å². The zero-order chi connectivity index (χ0) is 8.20. The topological polar surface area (TPSA) is 0 Å². The molecule has 0 N–H and O–H groups in total. The van der Waals surface area contributed by atoms with Crippen molar-refractivity contribution in [2.45, 2.75) is 31.9 Å². The van der Waals surface area contributed by atoms with E-state index in [1.807, 2.05) is 0 Å². The third-order valence-corrected chi connectivity index (χ3v) is 5.86. The first-order valence-electron chi connectivity index (χ1n) is 3.13. The zero-order valence-electron chi connectivity index (χ0n) is 6.01. The van der Waals surface area contributed by atoms with Crippen LogP contribution in [0, 0.1) is 0 Å². The van der Waals surface area contributed by atoms with Crippen LogP contribution < -0.4 is 0 Å². The van der Waals surface area contributed by atoms with E-state index in [-0.39, 0.29) is 0 Å². The first-order valence-corrected chi connectivity index (χ1v) is 9.23. The maximum absolute atomic E-state index is 5.72. The predicted octanol–water partition coefficient (Wildman–Crippen LogP) is 4.61. The van der Waals surface area contributed by atoms with E-state index in [2.05, 4.69) is 13.8 Å². The fourth-order valence-corrected chi connectivity index (χ4v) is 6.77. The van der Waals surface area contributed by atoms with Crippen molar-refractivity contribution < 1.29 is 0 Å². The van der Waals surface area contributed by atoms with Crippen LogP contribution in [-0.4, -0.2) is 5.25 Å². The molecule has 0 saturated heterocycles. The summed E-state index contributed by atoms with van der Waals surface area (Å²) in [6.07, 6.45) is 2.31. The Labute approximate surface area is 81.4 Å². The second-order valence-corrected chi connectivity index (χ2v) is 14.5. The first kappa shape index (κ1) is 11.6. The van der Waals surface area contributed by atoms with Crippen LogP contribution in [0.15, 0.2) is 0 Å². The highest BCUT2D eigenvalue weighted by atomic mass is 35.9. The lowest BCUT2D eigenvalue weighted by Gasteiger charge is -2.11. The highest BCUT2D eigenvalue weighted by Crippen LogP contribution is 2.69. The van der Waals surface area contributed by atoms with Gasteiger partial charge in [-0.15, -0.1) is 0 Å². The molecule has 10 heavy (non-hydrogen) atoms. The van der Waals surface area contributed by atoms with Gasteiger partial charge in [-0.25, -0.2) is 0 Å². The molecule has 0 bridgehead atoms. The average molecular weight is 237 g/mol. The van der Waals surface area contributed by atoms with E-state index in [1.54, 1.807) is 0 Å². The van der Waals surface area contributed by atoms with Crippen LogP contribution in [0.4, 0.5) is 0 Å². The van der Waals surface area contributed by atoms with Crippen molar-refractivity contribution in [2.24, 2.45) is 0 Å². The van der Waals surface area contributed by atoms with Crippen molar-refractivity contribution in [1.82, 2.24) is 0 Å². The van der Waals surface area contributed by atoms with Crippen LogP contribution >= 0.6 is 37.8 Å². The van der Waals surface area contributed by atoms with Crippen LogP contribution in [0.1, 0.15) is 26.7 Å². The molecule has 0 aliphatic heterocycles. The van der Waals surface area contributed by atoms with Crippen molar-refractivity contribution in [2.75, 3.05) is 0 Å². The molecule has 0 spiro atoms. The van der Waals surface area contributed by atoms with E-state index in [0.717, 1.165) is 12.8 Å². The number of rotatable bonds is 4. The summed E-state index contributed by atoms with van der Waals surface area (Å²) in [4.78, 5) is 0. The van der Waals surface area contributed by atoms with Gasteiger partial charge in [0.05, 0.1) is 0 Å². The van der Waals surface area contributed by atoms with Gasteiger partial charge in [0.25, 0.3) is 0 Å². The fourth-order valence-electron chi connectivity index (χ4n) is 0.669. The van der Waals surface area contributed by atoms with E-state index in [9.17, 15) is 0 Å². The van der Waals surface area contributed by atoms with Crippen molar-refractivity contribution in [1.29, 1.82) is 0 Å². The Bertz CT molecular complexity index is 134. The standard InChI is InChI=1S/C5H11Cl2PS2/c1-3-4-5(2)10-8(6,7)9/h5H,3-4H2,1-2H3. The molecule has 0 nitrogen and oxygen atoms in total. The maximum atomic E-state index is 5.72. The first-order chi connectivity index (χ1) is 4.45. The molecule has 0 aliphatic rings. The monoisotopic (exact) mass is 236 g/mol. The van der Waals surface area contributed by atoms with E-state index < -0.39 is 3.95 Å². The summed E-state index contributed by atoms with van der Waals surface area (Å²) in [5.41, 5.74) is 0. The Hall–Kier alpha value is 1.58. The molecular formula is C5H11Cl2PS2. The number of hydrogen-bond donors (Lipinski definition) is 0. The number of hydrogen-bond acceptors (Lipinski definition) is 2. The summed E-state index contributed by atoms with van der Waals surface area (Å²) in [6.45, 7) is 4.25.